The van der Waals surface area contributed by atoms with Crippen LogP contribution in [-0.2, 0) is 6.54 Å². The molecule has 4 aromatic rings. The first kappa shape index (κ1) is 11.8. The van der Waals surface area contributed by atoms with Gasteiger partial charge in [0.25, 0.3) is 0 Å². The number of pyridine rings is 1. The van der Waals surface area contributed by atoms with E-state index in [1.807, 2.05) is 29.1 Å². The third-order valence-electron chi connectivity index (χ3n) is 3.48. The Labute approximate surface area is 121 Å². The molecule has 0 radical (unpaired) electrons. The Morgan fingerprint density at radius 2 is 1.90 bits per heavy atom. The van der Waals surface area contributed by atoms with Crippen molar-refractivity contribution in [2.75, 3.05) is 0 Å². The average Bonchev–Trinajstić information content (AvgIpc) is 3.17. The molecule has 4 rings (SSSR count). The van der Waals surface area contributed by atoms with Crippen LogP contribution in [0, 0.1) is 0 Å². The molecule has 0 amide bonds. The van der Waals surface area contributed by atoms with Crippen molar-refractivity contribution in [1.82, 2.24) is 25.0 Å². The molecule has 3 aromatic heterocycles. The Morgan fingerprint density at radius 3 is 2.71 bits per heavy atom. The lowest BCUT2D eigenvalue weighted by atomic mass is 10.1. The van der Waals surface area contributed by atoms with Crippen molar-refractivity contribution in [2.24, 2.45) is 0 Å². The molecule has 0 saturated heterocycles. The van der Waals surface area contributed by atoms with Crippen molar-refractivity contribution in [2.45, 2.75) is 6.54 Å². The number of nitrogens with one attached hydrogen (secondary N) is 1. The third kappa shape index (κ3) is 2.18. The van der Waals surface area contributed by atoms with E-state index in [4.69, 9.17) is 0 Å². The zero-order valence-electron chi connectivity index (χ0n) is 11.3. The van der Waals surface area contributed by atoms with E-state index in [1.165, 1.54) is 5.56 Å². The van der Waals surface area contributed by atoms with E-state index >= 15 is 0 Å². The van der Waals surface area contributed by atoms with Crippen LogP contribution in [0.5, 0.6) is 0 Å². The summed E-state index contributed by atoms with van der Waals surface area (Å²) >= 11 is 0. The van der Waals surface area contributed by atoms with Gasteiger partial charge < -0.3 is 0 Å². The van der Waals surface area contributed by atoms with Crippen LogP contribution < -0.4 is 0 Å². The van der Waals surface area contributed by atoms with Gasteiger partial charge in [-0.1, -0.05) is 24.3 Å². The zero-order valence-corrected chi connectivity index (χ0v) is 11.3. The van der Waals surface area contributed by atoms with Crippen LogP contribution in [0.4, 0.5) is 0 Å². The van der Waals surface area contributed by atoms with E-state index < -0.39 is 0 Å². The highest BCUT2D eigenvalue weighted by Crippen LogP contribution is 2.25. The molecule has 0 atom stereocenters. The number of aromatic amines is 1. The molecule has 0 bridgehead atoms. The predicted molar refractivity (Wildman–Crippen MR) is 80.7 cm³/mol. The van der Waals surface area contributed by atoms with Gasteiger partial charge in [-0.15, -0.1) is 0 Å². The molecule has 0 unspecified atom stereocenters. The average molecular weight is 275 g/mol. The molecule has 1 aromatic carbocycles. The number of nitrogens with zero attached hydrogens (tertiary/aromatic N) is 4. The van der Waals surface area contributed by atoms with Crippen molar-refractivity contribution in [3.63, 3.8) is 0 Å². The molecule has 5 nitrogen and oxygen atoms in total. The van der Waals surface area contributed by atoms with Crippen molar-refractivity contribution in [1.29, 1.82) is 0 Å². The molecular weight excluding hydrogens is 262 g/mol. The molecule has 0 aliphatic heterocycles. The van der Waals surface area contributed by atoms with Gasteiger partial charge in [0.05, 0.1) is 12.2 Å². The highest BCUT2D eigenvalue weighted by molar-refractivity contribution is 5.90. The molecule has 0 aliphatic carbocycles. The first-order valence-corrected chi connectivity index (χ1v) is 6.76. The fraction of sp³-hybridized carbons (Fsp3) is 0.0625. The molecule has 0 aliphatic rings. The third-order valence-corrected chi connectivity index (χ3v) is 3.48. The summed E-state index contributed by atoms with van der Waals surface area (Å²) in [6, 6.07) is 14.3. The monoisotopic (exact) mass is 275 g/mol. The van der Waals surface area contributed by atoms with Gasteiger partial charge in [-0.25, -0.2) is 4.98 Å². The number of H-pyrrole nitrogens is 1. The van der Waals surface area contributed by atoms with E-state index in [1.54, 1.807) is 12.4 Å². The number of aromatic nitrogens is 5. The molecule has 3 heterocycles. The van der Waals surface area contributed by atoms with Gasteiger partial charge in [0.15, 0.2) is 5.65 Å². The SMILES string of the molecule is c1cnc2n[nH]c(-c3ccc(Cn4cccn4)cc3)c2c1. The second kappa shape index (κ2) is 4.86. The standard InChI is InChI=1S/C16H13N5/c1-3-14-15(19-20-16(14)17-8-1)13-6-4-12(5-7-13)11-21-10-2-9-18-21/h1-10H,11H2,(H,17,19,20). The first-order valence-electron chi connectivity index (χ1n) is 6.76. The van der Waals surface area contributed by atoms with Crippen LogP contribution in [0.25, 0.3) is 22.3 Å². The van der Waals surface area contributed by atoms with Gasteiger partial charge >= 0.3 is 0 Å². The normalized spacial score (nSPS) is 11.0. The van der Waals surface area contributed by atoms with Gasteiger partial charge in [0.2, 0.25) is 0 Å². The minimum absolute atomic E-state index is 0.744. The molecule has 1 N–H and O–H groups in total. The van der Waals surface area contributed by atoms with Gasteiger partial charge in [-0.3, -0.25) is 9.78 Å². The highest BCUT2D eigenvalue weighted by Gasteiger charge is 2.07. The summed E-state index contributed by atoms with van der Waals surface area (Å²) < 4.78 is 1.91. The summed E-state index contributed by atoms with van der Waals surface area (Å²) in [5, 5.41) is 12.5. The highest BCUT2D eigenvalue weighted by atomic mass is 15.3. The van der Waals surface area contributed by atoms with Crippen molar-refractivity contribution < 1.29 is 0 Å². The van der Waals surface area contributed by atoms with Crippen molar-refractivity contribution in [3.8, 4) is 11.3 Å². The van der Waals surface area contributed by atoms with Gasteiger partial charge in [0.1, 0.15) is 0 Å². The molecule has 102 valence electrons. The molecule has 0 spiro atoms. The maximum absolute atomic E-state index is 4.24. The van der Waals surface area contributed by atoms with Gasteiger partial charge in [-0.2, -0.15) is 10.2 Å². The zero-order chi connectivity index (χ0) is 14.1. The Morgan fingerprint density at radius 1 is 1.00 bits per heavy atom. The van der Waals surface area contributed by atoms with Crippen LogP contribution in [0.2, 0.25) is 0 Å². The Hall–Kier alpha value is -2.95. The second-order valence-corrected chi connectivity index (χ2v) is 4.87. The summed E-state index contributed by atoms with van der Waals surface area (Å²) in [5.74, 6) is 0. The maximum atomic E-state index is 4.24. The van der Waals surface area contributed by atoms with E-state index in [9.17, 15) is 0 Å². The molecular formula is C16H13N5. The maximum Gasteiger partial charge on any atom is 0.181 e. The Kier molecular flexibility index (Phi) is 2.74. The van der Waals surface area contributed by atoms with Crippen LogP contribution in [0.3, 0.4) is 0 Å². The van der Waals surface area contributed by atoms with Crippen molar-refractivity contribution in [3.05, 3.63) is 66.6 Å². The van der Waals surface area contributed by atoms with Gasteiger partial charge in [-0.05, 0) is 23.8 Å². The van der Waals surface area contributed by atoms with Crippen LogP contribution in [-0.4, -0.2) is 25.0 Å². The number of benzene rings is 1. The number of hydrogen-bond acceptors (Lipinski definition) is 3. The lowest BCUT2D eigenvalue weighted by Crippen LogP contribution is -1.99. The quantitative estimate of drug-likeness (QED) is 0.625. The fourth-order valence-electron chi connectivity index (χ4n) is 2.43. The number of rotatable bonds is 3. The molecule has 0 saturated carbocycles. The van der Waals surface area contributed by atoms with E-state index in [-0.39, 0.29) is 0 Å². The smallest absolute Gasteiger partial charge is 0.181 e. The van der Waals surface area contributed by atoms with E-state index in [0.29, 0.717) is 0 Å². The predicted octanol–water partition coefficient (Wildman–Crippen LogP) is 2.87. The molecule has 21 heavy (non-hydrogen) atoms. The molecule has 5 heteroatoms. The Balaban J connectivity index is 1.67. The topological polar surface area (TPSA) is 59.4 Å². The summed E-state index contributed by atoms with van der Waals surface area (Å²) in [4.78, 5) is 4.24. The van der Waals surface area contributed by atoms with Crippen LogP contribution >= 0.6 is 0 Å². The lowest BCUT2D eigenvalue weighted by Gasteiger charge is -2.04. The van der Waals surface area contributed by atoms with E-state index in [0.717, 1.165) is 28.8 Å². The summed E-state index contributed by atoms with van der Waals surface area (Å²) in [6.45, 7) is 0.776. The molecule has 0 fully saturated rings. The largest absolute Gasteiger partial charge is 0.275 e. The second-order valence-electron chi connectivity index (χ2n) is 4.87. The fourth-order valence-corrected chi connectivity index (χ4v) is 2.43. The summed E-state index contributed by atoms with van der Waals surface area (Å²) in [5.41, 5.74) is 4.07. The summed E-state index contributed by atoms with van der Waals surface area (Å²) in [7, 11) is 0. The minimum atomic E-state index is 0.744. The minimum Gasteiger partial charge on any atom is -0.275 e. The van der Waals surface area contributed by atoms with Crippen LogP contribution in [0.1, 0.15) is 5.56 Å². The van der Waals surface area contributed by atoms with E-state index in [2.05, 4.69) is 44.5 Å². The van der Waals surface area contributed by atoms with Crippen LogP contribution in [0.15, 0.2) is 61.1 Å². The number of hydrogen-bond donors (Lipinski definition) is 1. The first-order chi connectivity index (χ1) is 10.4. The summed E-state index contributed by atoms with van der Waals surface area (Å²) in [6.07, 6.45) is 5.50. The van der Waals surface area contributed by atoms with Gasteiger partial charge in [0, 0.05) is 29.5 Å². The lowest BCUT2D eigenvalue weighted by molar-refractivity contribution is 0.687. The number of fused-ring (bicyclic) bond motifs is 1. The Bertz CT molecular complexity index is 859. The van der Waals surface area contributed by atoms with Crippen molar-refractivity contribution >= 4 is 11.0 Å².